The minimum atomic E-state index is 0.717. The fourth-order valence-electron chi connectivity index (χ4n) is 3.66. The van der Waals surface area contributed by atoms with Crippen LogP contribution in [0.4, 0.5) is 5.69 Å². The molecule has 0 bridgehead atoms. The Morgan fingerprint density at radius 1 is 1.16 bits per heavy atom. The topological polar surface area (TPSA) is 38.5 Å². The molecule has 19 heavy (non-hydrogen) atoms. The molecular formula is C16H24N2O. The van der Waals surface area contributed by atoms with Crippen LogP contribution in [0.2, 0.25) is 0 Å². The minimum Gasteiger partial charge on any atom is -0.381 e. The Morgan fingerprint density at radius 2 is 1.95 bits per heavy atom. The molecule has 0 spiro atoms. The summed E-state index contributed by atoms with van der Waals surface area (Å²) >= 11 is 0. The normalized spacial score (nSPS) is 24.3. The Morgan fingerprint density at radius 3 is 2.74 bits per heavy atom. The van der Waals surface area contributed by atoms with Crippen LogP contribution in [0.5, 0.6) is 0 Å². The number of nitrogens with zero attached hydrogens (tertiary/aromatic N) is 1. The average molecular weight is 260 g/mol. The molecule has 2 aliphatic heterocycles. The van der Waals surface area contributed by atoms with Crippen LogP contribution in [-0.2, 0) is 4.74 Å². The third kappa shape index (κ3) is 2.63. The summed E-state index contributed by atoms with van der Waals surface area (Å²) in [5, 5.41) is 0. The molecule has 3 heteroatoms. The van der Waals surface area contributed by atoms with E-state index in [1.54, 1.807) is 0 Å². The summed E-state index contributed by atoms with van der Waals surface area (Å²) in [6.07, 6.45) is 3.70. The summed E-state index contributed by atoms with van der Waals surface area (Å²) in [5.41, 5.74) is 8.68. The number of hydrogen-bond donors (Lipinski definition) is 1. The van der Waals surface area contributed by atoms with E-state index < -0.39 is 0 Å². The quantitative estimate of drug-likeness (QED) is 0.906. The third-order valence-corrected chi connectivity index (χ3v) is 4.62. The molecule has 0 aromatic heterocycles. The molecule has 104 valence electrons. The van der Waals surface area contributed by atoms with Crippen molar-refractivity contribution in [1.82, 2.24) is 0 Å². The van der Waals surface area contributed by atoms with Crippen molar-refractivity contribution in [2.24, 2.45) is 11.7 Å². The first-order chi connectivity index (χ1) is 9.40. The van der Waals surface area contributed by atoms with Gasteiger partial charge in [0.05, 0.1) is 0 Å². The van der Waals surface area contributed by atoms with Gasteiger partial charge in [-0.3, -0.25) is 0 Å². The predicted octanol–water partition coefficient (Wildman–Crippen LogP) is 2.37. The van der Waals surface area contributed by atoms with E-state index in [0.717, 1.165) is 38.8 Å². The van der Waals surface area contributed by atoms with Crippen molar-refractivity contribution in [3.8, 4) is 0 Å². The third-order valence-electron chi connectivity index (χ3n) is 4.62. The SMILES string of the molecule is NCCN1CCC(C2CCOCC2)c2ccccc21. The van der Waals surface area contributed by atoms with Crippen molar-refractivity contribution in [3.63, 3.8) is 0 Å². The second-order valence-electron chi connectivity index (χ2n) is 5.68. The van der Waals surface area contributed by atoms with Gasteiger partial charge in [-0.25, -0.2) is 0 Å². The lowest BCUT2D eigenvalue weighted by atomic mass is 9.77. The molecule has 1 saturated heterocycles. The van der Waals surface area contributed by atoms with E-state index in [1.165, 1.54) is 30.5 Å². The number of nitrogens with two attached hydrogens (primary N) is 1. The number of hydrogen-bond acceptors (Lipinski definition) is 3. The van der Waals surface area contributed by atoms with Gasteiger partial charge in [-0.1, -0.05) is 18.2 Å². The first-order valence-corrected chi connectivity index (χ1v) is 7.52. The smallest absolute Gasteiger partial charge is 0.0468 e. The zero-order chi connectivity index (χ0) is 13.1. The molecule has 1 aromatic carbocycles. The molecule has 2 N–H and O–H groups in total. The Labute approximate surface area is 115 Å². The Bertz CT molecular complexity index is 415. The van der Waals surface area contributed by atoms with E-state index in [9.17, 15) is 0 Å². The Kier molecular flexibility index (Phi) is 4.04. The maximum Gasteiger partial charge on any atom is 0.0468 e. The number of benzene rings is 1. The highest BCUT2D eigenvalue weighted by Crippen LogP contribution is 2.42. The van der Waals surface area contributed by atoms with Crippen molar-refractivity contribution < 1.29 is 4.74 Å². The Balaban J connectivity index is 1.85. The lowest BCUT2D eigenvalue weighted by Crippen LogP contribution is -2.37. The van der Waals surface area contributed by atoms with Crippen LogP contribution in [0.3, 0.4) is 0 Å². The molecular weight excluding hydrogens is 236 g/mol. The summed E-state index contributed by atoms with van der Waals surface area (Å²) in [6.45, 7) is 4.73. The summed E-state index contributed by atoms with van der Waals surface area (Å²) < 4.78 is 5.51. The lowest BCUT2D eigenvalue weighted by molar-refractivity contribution is 0.0565. The van der Waals surface area contributed by atoms with Gasteiger partial charge in [0.2, 0.25) is 0 Å². The fourth-order valence-corrected chi connectivity index (χ4v) is 3.66. The van der Waals surface area contributed by atoms with Gasteiger partial charge in [-0.15, -0.1) is 0 Å². The van der Waals surface area contributed by atoms with Crippen LogP contribution in [0.25, 0.3) is 0 Å². The fraction of sp³-hybridized carbons (Fsp3) is 0.625. The number of ether oxygens (including phenoxy) is 1. The highest BCUT2D eigenvalue weighted by Gasteiger charge is 2.31. The molecule has 2 aliphatic rings. The molecule has 1 unspecified atom stereocenters. The second kappa shape index (κ2) is 5.93. The van der Waals surface area contributed by atoms with E-state index >= 15 is 0 Å². The monoisotopic (exact) mass is 260 g/mol. The van der Waals surface area contributed by atoms with Gasteiger partial charge in [-0.05, 0) is 42.7 Å². The van der Waals surface area contributed by atoms with Gasteiger partial charge < -0.3 is 15.4 Å². The van der Waals surface area contributed by atoms with Gasteiger partial charge >= 0.3 is 0 Å². The summed E-state index contributed by atoms with van der Waals surface area (Å²) in [5.74, 6) is 1.52. The predicted molar refractivity (Wildman–Crippen MR) is 78.6 cm³/mol. The van der Waals surface area contributed by atoms with Crippen molar-refractivity contribution in [1.29, 1.82) is 0 Å². The standard InChI is InChI=1S/C16H24N2O/c17-8-10-18-9-5-14(13-6-11-19-12-7-13)15-3-1-2-4-16(15)18/h1-4,13-14H,5-12,17H2. The van der Waals surface area contributed by atoms with E-state index in [-0.39, 0.29) is 0 Å². The maximum absolute atomic E-state index is 5.74. The molecule has 3 nitrogen and oxygen atoms in total. The molecule has 3 rings (SSSR count). The average Bonchev–Trinajstić information content (AvgIpc) is 2.49. The summed E-state index contributed by atoms with van der Waals surface area (Å²) in [7, 11) is 0. The molecule has 2 heterocycles. The van der Waals surface area contributed by atoms with Gasteiger partial charge in [0.25, 0.3) is 0 Å². The van der Waals surface area contributed by atoms with Gasteiger partial charge in [0, 0.05) is 38.5 Å². The number of para-hydroxylation sites is 1. The molecule has 0 saturated carbocycles. The van der Waals surface area contributed by atoms with Gasteiger partial charge in [0.1, 0.15) is 0 Å². The van der Waals surface area contributed by atoms with Crippen LogP contribution in [0.15, 0.2) is 24.3 Å². The zero-order valence-corrected chi connectivity index (χ0v) is 11.6. The van der Waals surface area contributed by atoms with Crippen LogP contribution < -0.4 is 10.6 Å². The van der Waals surface area contributed by atoms with E-state index in [2.05, 4.69) is 29.2 Å². The van der Waals surface area contributed by atoms with Crippen molar-refractivity contribution >= 4 is 5.69 Å². The Hall–Kier alpha value is -1.06. The van der Waals surface area contributed by atoms with Gasteiger partial charge in [0.15, 0.2) is 0 Å². The van der Waals surface area contributed by atoms with Gasteiger partial charge in [-0.2, -0.15) is 0 Å². The van der Waals surface area contributed by atoms with Crippen LogP contribution in [0, 0.1) is 5.92 Å². The molecule has 1 atom stereocenters. The second-order valence-corrected chi connectivity index (χ2v) is 5.68. The number of rotatable bonds is 3. The highest BCUT2D eigenvalue weighted by atomic mass is 16.5. The molecule has 0 radical (unpaired) electrons. The first-order valence-electron chi connectivity index (χ1n) is 7.52. The molecule has 0 amide bonds. The van der Waals surface area contributed by atoms with Crippen LogP contribution >= 0.6 is 0 Å². The van der Waals surface area contributed by atoms with Crippen molar-refractivity contribution in [2.75, 3.05) is 37.7 Å². The van der Waals surface area contributed by atoms with E-state index in [1.807, 2.05) is 0 Å². The number of fused-ring (bicyclic) bond motifs is 1. The number of anilines is 1. The van der Waals surface area contributed by atoms with Crippen molar-refractivity contribution in [2.45, 2.75) is 25.2 Å². The molecule has 1 aromatic rings. The van der Waals surface area contributed by atoms with Crippen LogP contribution in [0.1, 0.15) is 30.7 Å². The largest absolute Gasteiger partial charge is 0.381 e. The maximum atomic E-state index is 5.74. The minimum absolute atomic E-state index is 0.717. The highest BCUT2D eigenvalue weighted by molar-refractivity contribution is 5.57. The summed E-state index contributed by atoms with van der Waals surface area (Å²) in [6, 6.07) is 8.90. The zero-order valence-electron chi connectivity index (χ0n) is 11.6. The van der Waals surface area contributed by atoms with Crippen molar-refractivity contribution in [3.05, 3.63) is 29.8 Å². The molecule has 1 fully saturated rings. The van der Waals surface area contributed by atoms with E-state index in [0.29, 0.717) is 5.92 Å². The molecule has 0 aliphatic carbocycles. The first kappa shape index (κ1) is 12.9. The lowest BCUT2D eigenvalue weighted by Gasteiger charge is -2.40. The van der Waals surface area contributed by atoms with E-state index in [4.69, 9.17) is 10.5 Å². The summed E-state index contributed by atoms with van der Waals surface area (Å²) in [4.78, 5) is 2.45. The van der Waals surface area contributed by atoms with Crippen LogP contribution in [-0.4, -0.2) is 32.8 Å².